The third kappa shape index (κ3) is 6.64. The summed E-state index contributed by atoms with van der Waals surface area (Å²) in [5, 5.41) is 0. The van der Waals surface area contributed by atoms with Crippen molar-refractivity contribution in [3.63, 3.8) is 0 Å². The molecule has 0 fully saturated rings. The fourth-order valence-corrected chi connectivity index (χ4v) is 1.51. The van der Waals surface area contributed by atoms with Crippen molar-refractivity contribution in [1.82, 2.24) is 0 Å². The van der Waals surface area contributed by atoms with E-state index >= 15 is 0 Å². The standard InChI is InChI=1S/C14H23F3O2/c1-6-10(4)7-8-12(9(2)3)19-13(18)11(5)14(15,16)17/h9-10,12H,5-8H2,1-4H3. The molecule has 0 aromatic heterocycles. The number of halogens is 3. The van der Waals surface area contributed by atoms with Crippen LogP contribution in [0.15, 0.2) is 12.2 Å². The van der Waals surface area contributed by atoms with Crippen LogP contribution in [-0.2, 0) is 9.53 Å². The van der Waals surface area contributed by atoms with Crippen LogP contribution in [0.5, 0.6) is 0 Å². The molecule has 0 rings (SSSR count). The van der Waals surface area contributed by atoms with Gasteiger partial charge in [-0.25, -0.2) is 4.79 Å². The zero-order valence-electron chi connectivity index (χ0n) is 12.0. The summed E-state index contributed by atoms with van der Waals surface area (Å²) in [7, 11) is 0. The van der Waals surface area contributed by atoms with Crippen LogP contribution in [-0.4, -0.2) is 18.2 Å². The summed E-state index contributed by atoms with van der Waals surface area (Å²) in [6, 6.07) is 0. The molecule has 0 saturated heterocycles. The van der Waals surface area contributed by atoms with Crippen LogP contribution in [0, 0.1) is 11.8 Å². The third-order valence-corrected chi connectivity index (χ3v) is 3.23. The molecule has 19 heavy (non-hydrogen) atoms. The number of esters is 1. The van der Waals surface area contributed by atoms with Crippen molar-refractivity contribution < 1.29 is 22.7 Å². The molecule has 0 radical (unpaired) electrons. The number of rotatable bonds is 7. The van der Waals surface area contributed by atoms with E-state index < -0.39 is 23.8 Å². The first kappa shape index (κ1) is 18.0. The van der Waals surface area contributed by atoms with Gasteiger partial charge in [-0.15, -0.1) is 0 Å². The molecule has 2 unspecified atom stereocenters. The first-order chi connectivity index (χ1) is 8.59. The molecule has 112 valence electrons. The number of hydrogen-bond acceptors (Lipinski definition) is 2. The van der Waals surface area contributed by atoms with Gasteiger partial charge in [-0.05, 0) is 24.7 Å². The molecule has 0 aromatic carbocycles. The summed E-state index contributed by atoms with van der Waals surface area (Å²) in [4.78, 5) is 11.4. The molecular weight excluding hydrogens is 257 g/mol. The van der Waals surface area contributed by atoms with Crippen molar-refractivity contribution in [2.45, 2.75) is 59.2 Å². The molecule has 0 aliphatic heterocycles. The Labute approximate surface area is 113 Å². The van der Waals surface area contributed by atoms with E-state index in [1.807, 2.05) is 20.8 Å². The monoisotopic (exact) mass is 280 g/mol. The van der Waals surface area contributed by atoms with E-state index in [4.69, 9.17) is 4.74 Å². The summed E-state index contributed by atoms with van der Waals surface area (Å²) < 4.78 is 41.9. The van der Waals surface area contributed by atoms with Gasteiger partial charge in [0, 0.05) is 0 Å². The van der Waals surface area contributed by atoms with Gasteiger partial charge in [-0.2, -0.15) is 13.2 Å². The molecule has 0 aliphatic rings. The minimum absolute atomic E-state index is 0.0194. The first-order valence-electron chi connectivity index (χ1n) is 6.56. The van der Waals surface area contributed by atoms with Crippen molar-refractivity contribution >= 4 is 5.97 Å². The lowest BCUT2D eigenvalue weighted by atomic mass is 9.95. The van der Waals surface area contributed by atoms with Crippen molar-refractivity contribution in [3.05, 3.63) is 12.2 Å². The molecule has 0 aliphatic carbocycles. The van der Waals surface area contributed by atoms with Crippen LogP contribution < -0.4 is 0 Å². The molecule has 5 heteroatoms. The Morgan fingerprint density at radius 3 is 2.11 bits per heavy atom. The molecule has 0 aromatic rings. The van der Waals surface area contributed by atoms with E-state index in [9.17, 15) is 18.0 Å². The fraction of sp³-hybridized carbons (Fsp3) is 0.786. The highest BCUT2D eigenvalue weighted by Gasteiger charge is 2.39. The number of carbonyl (C=O) groups excluding carboxylic acids is 1. The Morgan fingerprint density at radius 1 is 1.21 bits per heavy atom. The Morgan fingerprint density at radius 2 is 1.74 bits per heavy atom. The van der Waals surface area contributed by atoms with Gasteiger partial charge in [0.05, 0.1) is 0 Å². The summed E-state index contributed by atoms with van der Waals surface area (Å²) in [5.41, 5.74) is -1.44. The van der Waals surface area contributed by atoms with Gasteiger partial charge in [-0.1, -0.05) is 40.7 Å². The molecule has 2 nitrogen and oxygen atoms in total. The van der Waals surface area contributed by atoms with E-state index in [0.29, 0.717) is 12.3 Å². The van der Waals surface area contributed by atoms with Crippen molar-refractivity contribution in [2.24, 2.45) is 11.8 Å². The van der Waals surface area contributed by atoms with E-state index in [-0.39, 0.29) is 5.92 Å². The van der Waals surface area contributed by atoms with Gasteiger partial charge in [0.1, 0.15) is 11.7 Å². The predicted octanol–water partition coefficient (Wildman–Crippen LogP) is 4.50. The average Bonchev–Trinajstić information content (AvgIpc) is 2.30. The first-order valence-corrected chi connectivity index (χ1v) is 6.56. The third-order valence-electron chi connectivity index (χ3n) is 3.23. The van der Waals surface area contributed by atoms with Gasteiger partial charge >= 0.3 is 12.1 Å². The van der Waals surface area contributed by atoms with Crippen molar-refractivity contribution in [3.8, 4) is 0 Å². The second kappa shape index (κ2) is 7.56. The lowest BCUT2D eigenvalue weighted by Crippen LogP contribution is -2.29. The van der Waals surface area contributed by atoms with Crippen LogP contribution in [0.3, 0.4) is 0 Å². The number of ether oxygens (including phenoxy) is 1. The Balaban J connectivity index is 4.51. The molecule has 0 N–H and O–H groups in total. The largest absolute Gasteiger partial charge is 0.459 e. The van der Waals surface area contributed by atoms with Crippen LogP contribution in [0.4, 0.5) is 13.2 Å². The van der Waals surface area contributed by atoms with Crippen LogP contribution in [0.2, 0.25) is 0 Å². The smallest absolute Gasteiger partial charge is 0.422 e. The average molecular weight is 280 g/mol. The zero-order valence-corrected chi connectivity index (χ0v) is 12.0. The minimum Gasteiger partial charge on any atom is -0.459 e. The summed E-state index contributed by atoms with van der Waals surface area (Å²) in [6.45, 7) is 10.5. The number of carbonyl (C=O) groups is 1. The number of alkyl halides is 3. The highest BCUT2D eigenvalue weighted by Crippen LogP contribution is 2.27. The maximum Gasteiger partial charge on any atom is 0.422 e. The quantitative estimate of drug-likeness (QED) is 0.507. The summed E-state index contributed by atoms with van der Waals surface area (Å²) >= 11 is 0. The van der Waals surface area contributed by atoms with E-state index in [0.717, 1.165) is 12.8 Å². The Kier molecular flexibility index (Phi) is 7.16. The molecule has 0 heterocycles. The van der Waals surface area contributed by atoms with Crippen LogP contribution in [0.25, 0.3) is 0 Å². The number of hydrogen-bond donors (Lipinski definition) is 0. The van der Waals surface area contributed by atoms with Gasteiger partial charge in [0.2, 0.25) is 0 Å². The zero-order chi connectivity index (χ0) is 15.2. The normalized spacial score (nSPS) is 15.2. The van der Waals surface area contributed by atoms with Gasteiger partial charge in [-0.3, -0.25) is 0 Å². The molecule has 0 saturated carbocycles. The fourth-order valence-electron chi connectivity index (χ4n) is 1.51. The van der Waals surface area contributed by atoms with Crippen molar-refractivity contribution in [1.29, 1.82) is 0 Å². The second-order valence-corrected chi connectivity index (χ2v) is 5.25. The maximum absolute atomic E-state index is 12.3. The second-order valence-electron chi connectivity index (χ2n) is 5.25. The minimum atomic E-state index is -4.73. The van der Waals surface area contributed by atoms with Crippen molar-refractivity contribution in [2.75, 3.05) is 0 Å². The molecule has 2 atom stereocenters. The van der Waals surface area contributed by atoms with Gasteiger partial charge in [0.25, 0.3) is 0 Å². The Hall–Kier alpha value is -1.00. The van der Waals surface area contributed by atoms with Crippen LogP contribution in [0.1, 0.15) is 47.0 Å². The highest BCUT2D eigenvalue weighted by atomic mass is 19.4. The van der Waals surface area contributed by atoms with Gasteiger partial charge < -0.3 is 4.74 Å². The lowest BCUT2D eigenvalue weighted by Gasteiger charge is -2.23. The molecule has 0 spiro atoms. The van der Waals surface area contributed by atoms with Crippen LogP contribution >= 0.6 is 0 Å². The van der Waals surface area contributed by atoms with Gasteiger partial charge in [0.15, 0.2) is 0 Å². The Bertz CT molecular complexity index is 308. The summed E-state index contributed by atoms with van der Waals surface area (Å²) in [6.07, 6.45) is -2.83. The van der Waals surface area contributed by atoms with E-state index in [1.54, 1.807) is 0 Å². The van der Waals surface area contributed by atoms with E-state index in [2.05, 4.69) is 13.5 Å². The predicted molar refractivity (Wildman–Crippen MR) is 68.6 cm³/mol. The van der Waals surface area contributed by atoms with E-state index in [1.165, 1.54) is 0 Å². The summed E-state index contributed by atoms with van der Waals surface area (Å²) in [5.74, 6) is -0.921. The molecule has 0 amide bonds. The highest BCUT2D eigenvalue weighted by molar-refractivity contribution is 5.89. The maximum atomic E-state index is 12.3. The lowest BCUT2D eigenvalue weighted by molar-refractivity contribution is -0.157. The SMILES string of the molecule is C=C(C(=O)OC(CCC(C)CC)C(C)C)C(F)(F)F. The topological polar surface area (TPSA) is 26.3 Å². The molecular formula is C14H23F3O2. The molecule has 0 bridgehead atoms.